The lowest BCUT2D eigenvalue weighted by Gasteiger charge is -2.11. The largest absolute Gasteiger partial charge is 0.495 e. The normalized spacial score (nSPS) is 11.5. The summed E-state index contributed by atoms with van der Waals surface area (Å²) in [6.07, 6.45) is 0. The van der Waals surface area contributed by atoms with Crippen molar-refractivity contribution < 1.29 is 4.74 Å². The summed E-state index contributed by atoms with van der Waals surface area (Å²) in [6, 6.07) is 0. The molecule has 0 amide bonds. The van der Waals surface area contributed by atoms with Gasteiger partial charge in [0.1, 0.15) is 5.75 Å². The van der Waals surface area contributed by atoms with E-state index in [1.54, 1.807) is 7.11 Å². The smallest absolute Gasteiger partial charge is 0.143 e. The van der Waals surface area contributed by atoms with Crippen molar-refractivity contribution in [2.24, 2.45) is 7.05 Å². The molecule has 0 spiro atoms. The number of hydrogen-bond acceptors (Lipinski definition) is 1. The van der Waals surface area contributed by atoms with Crippen molar-refractivity contribution in [3.63, 3.8) is 0 Å². The molecule has 0 N–H and O–H groups in total. The second-order valence-electron chi connectivity index (χ2n) is 4.79. The molecule has 15 heavy (non-hydrogen) atoms. The first-order valence-electron chi connectivity index (χ1n) is 5.64. The van der Waals surface area contributed by atoms with Crippen molar-refractivity contribution in [1.82, 2.24) is 4.57 Å². The lowest BCUT2D eigenvalue weighted by Crippen LogP contribution is -2.01. The first-order chi connectivity index (χ1) is 6.91. The van der Waals surface area contributed by atoms with Crippen LogP contribution in [0.2, 0.25) is 0 Å². The third kappa shape index (κ3) is 1.90. The molecule has 2 heteroatoms. The molecule has 0 radical (unpaired) electrons. The molecule has 0 atom stereocenters. The van der Waals surface area contributed by atoms with Crippen molar-refractivity contribution in [3.8, 4) is 5.75 Å². The summed E-state index contributed by atoms with van der Waals surface area (Å²) in [6.45, 7) is 11.0. The maximum atomic E-state index is 5.58. The number of aromatic nitrogens is 1. The standard InChI is InChI=1S/C13H23NO/c1-8(2)11-10(5)14(6)12(9(3)4)13(11)15-7/h8-9H,1-7H3. The van der Waals surface area contributed by atoms with Gasteiger partial charge < -0.3 is 9.30 Å². The lowest BCUT2D eigenvalue weighted by atomic mass is 10.0. The minimum atomic E-state index is 0.496. The summed E-state index contributed by atoms with van der Waals surface area (Å²) in [5, 5.41) is 0. The molecular formula is C13H23NO. The second kappa shape index (κ2) is 4.30. The highest BCUT2D eigenvalue weighted by Gasteiger charge is 2.22. The van der Waals surface area contributed by atoms with Crippen LogP contribution in [0, 0.1) is 6.92 Å². The Kier molecular flexibility index (Phi) is 3.48. The Balaban J connectivity index is 3.47. The van der Waals surface area contributed by atoms with Gasteiger partial charge >= 0.3 is 0 Å². The highest BCUT2D eigenvalue weighted by Crippen LogP contribution is 2.38. The third-order valence-corrected chi connectivity index (χ3v) is 3.06. The fourth-order valence-electron chi connectivity index (χ4n) is 2.36. The Morgan fingerprint density at radius 3 is 1.93 bits per heavy atom. The molecule has 0 fully saturated rings. The number of nitrogens with zero attached hydrogens (tertiary/aromatic N) is 1. The van der Waals surface area contributed by atoms with Gasteiger partial charge in [-0.3, -0.25) is 0 Å². The fourth-order valence-corrected chi connectivity index (χ4v) is 2.36. The first-order valence-corrected chi connectivity index (χ1v) is 5.64. The summed E-state index contributed by atoms with van der Waals surface area (Å²) in [4.78, 5) is 0. The zero-order valence-corrected chi connectivity index (χ0v) is 11.0. The molecule has 1 aromatic heterocycles. The van der Waals surface area contributed by atoms with Gasteiger partial charge in [0.05, 0.1) is 12.8 Å². The average molecular weight is 209 g/mol. The Labute approximate surface area is 93.2 Å². The van der Waals surface area contributed by atoms with Gasteiger partial charge in [-0.25, -0.2) is 0 Å². The van der Waals surface area contributed by atoms with E-state index in [2.05, 4.69) is 46.2 Å². The second-order valence-corrected chi connectivity index (χ2v) is 4.79. The summed E-state index contributed by atoms with van der Waals surface area (Å²) < 4.78 is 7.84. The van der Waals surface area contributed by atoms with E-state index in [9.17, 15) is 0 Å². The van der Waals surface area contributed by atoms with E-state index in [1.807, 2.05) is 0 Å². The Hall–Kier alpha value is -0.920. The minimum absolute atomic E-state index is 0.496. The van der Waals surface area contributed by atoms with Gasteiger partial charge in [-0.1, -0.05) is 27.7 Å². The number of ether oxygens (including phenoxy) is 1. The number of rotatable bonds is 3. The zero-order chi connectivity index (χ0) is 11.7. The average Bonchev–Trinajstić information content (AvgIpc) is 2.39. The quantitative estimate of drug-likeness (QED) is 0.742. The van der Waals surface area contributed by atoms with Crippen LogP contribution in [0.15, 0.2) is 0 Å². The molecule has 0 aromatic carbocycles. The molecule has 86 valence electrons. The van der Waals surface area contributed by atoms with Crippen molar-refractivity contribution in [1.29, 1.82) is 0 Å². The molecule has 0 unspecified atom stereocenters. The predicted molar refractivity (Wildman–Crippen MR) is 64.9 cm³/mol. The van der Waals surface area contributed by atoms with E-state index < -0.39 is 0 Å². The van der Waals surface area contributed by atoms with Crippen molar-refractivity contribution >= 4 is 0 Å². The molecule has 2 nitrogen and oxygen atoms in total. The third-order valence-electron chi connectivity index (χ3n) is 3.06. The van der Waals surface area contributed by atoms with Gasteiger partial charge in [0.25, 0.3) is 0 Å². The van der Waals surface area contributed by atoms with Crippen molar-refractivity contribution in [2.75, 3.05) is 7.11 Å². The van der Waals surface area contributed by atoms with Crippen LogP contribution >= 0.6 is 0 Å². The highest BCUT2D eigenvalue weighted by molar-refractivity contribution is 5.47. The highest BCUT2D eigenvalue weighted by atomic mass is 16.5. The first kappa shape index (κ1) is 12.2. The van der Waals surface area contributed by atoms with Crippen LogP contribution in [-0.2, 0) is 7.05 Å². The van der Waals surface area contributed by atoms with Crippen molar-refractivity contribution in [2.45, 2.75) is 46.5 Å². The molecule has 0 saturated carbocycles. The van der Waals surface area contributed by atoms with E-state index in [0.717, 1.165) is 5.75 Å². The van der Waals surface area contributed by atoms with E-state index in [1.165, 1.54) is 17.0 Å². The molecule has 0 bridgehead atoms. The van der Waals surface area contributed by atoms with Gasteiger partial charge in [-0.05, 0) is 18.8 Å². The van der Waals surface area contributed by atoms with Crippen LogP contribution in [0.25, 0.3) is 0 Å². The van der Waals surface area contributed by atoms with E-state index in [0.29, 0.717) is 11.8 Å². The van der Waals surface area contributed by atoms with Crippen LogP contribution in [0.4, 0.5) is 0 Å². The summed E-state index contributed by atoms with van der Waals surface area (Å²) in [7, 11) is 3.89. The topological polar surface area (TPSA) is 14.2 Å². The maximum Gasteiger partial charge on any atom is 0.143 e. The lowest BCUT2D eigenvalue weighted by molar-refractivity contribution is 0.399. The van der Waals surface area contributed by atoms with Gasteiger partial charge in [0.2, 0.25) is 0 Å². The summed E-state index contributed by atoms with van der Waals surface area (Å²) in [5.41, 5.74) is 3.98. The van der Waals surface area contributed by atoms with Crippen LogP contribution < -0.4 is 4.74 Å². The monoisotopic (exact) mass is 209 g/mol. The molecule has 0 saturated heterocycles. The van der Waals surface area contributed by atoms with Gasteiger partial charge in [0, 0.05) is 18.3 Å². The zero-order valence-electron chi connectivity index (χ0n) is 11.0. The predicted octanol–water partition coefficient (Wildman–Crippen LogP) is 3.59. The SMILES string of the molecule is COc1c(C(C)C)c(C)n(C)c1C(C)C. The van der Waals surface area contributed by atoms with Gasteiger partial charge in [0.15, 0.2) is 0 Å². The minimum Gasteiger partial charge on any atom is -0.495 e. The molecular weight excluding hydrogens is 186 g/mol. The Bertz CT molecular complexity index is 316. The summed E-state index contributed by atoms with van der Waals surface area (Å²) >= 11 is 0. The van der Waals surface area contributed by atoms with E-state index in [-0.39, 0.29) is 0 Å². The van der Waals surface area contributed by atoms with Crippen LogP contribution in [0.3, 0.4) is 0 Å². The van der Waals surface area contributed by atoms with Gasteiger partial charge in [-0.15, -0.1) is 0 Å². The van der Waals surface area contributed by atoms with E-state index in [4.69, 9.17) is 4.74 Å². The molecule has 0 aliphatic rings. The van der Waals surface area contributed by atoms with Crippen LogP contribution in [0.1, 0.15) is 56.5 Å². The molecule has 0 aliphatic carbocycles. The Morgan fingerprint density at radius 2 is 1.60 bits per heavy atom. The van der Waals surface area contributed by atoms with Crippen molar-refractivity contribution in [3.05, 3.63) is 17.0 Å². The van der Waals surface area contributed by atoms with Gasteiger partial charge in [-0.2, -0.15) is 0 Å². The maximum absolute atomic E-state index is 5.58. The molecule has 0 aliphatic heterocycles. The Morgan fingerprint density at radius 1 is 1.07 bits per heavy atom. The van der Waals surface area contributed by atoms with Crippen LogP contribution in [0.5, 0.6) is 5.75 Å². The van der Waals surface area contributed by atoms with Crippen LogP contribution in [-0.4, -0.2) is 11.7 Å². The molecule has 1 heterocycles. The fraction of sp³-hybridized carbons (Fsp3) is 0.692. The number of hydrogen-bond donors (Lipinski definition) is 0. The summed E-state index contributed by atoms with van der Waals surface area (Å²) in [5.74, 6) is 2.09. The number of methoxy groups -OCH3 is 1. The molecule has 1 rings (SSSR count). The van der Waals surface area contributed by atoms with E-state index >= 15 is 0 Å². The molecule has 1 aromatic rings.